The van der Waals surface area contributed by atoms with Crippen molar-refractivity contribution >= 4 is 12.4 Å². The van der Waals surface area contributed by atoms with Gasteiger partial charge in [0.25, 0.3) is 0 Å². The molecule has 0 aromatic heterocycles. The Hall–Kier alpha value is -0.600. The van der Waals surface area contributed by atoms with Crippen molar-refractivity contribution in [2.24, 2.45) is 0 Å². The van der Waals surface area contributed by atoms with Crippen LogP contribution in [-0.4, -0.2) is 6.54 Å². The van der Waals surface area contributed by atoms with Crippen LogP contribution in [0.2, 0.25) is 0 Å². The maximum Gasteiger partial charge on any atom is 0.128 e. The Labute approximate surface area is 90.1 Å². The third-order valence-corrected chi connectivity index (χ3v) is 2.59. The predicted octanol–water partition coefficient (Wildman–Crippen LogP) is 2.98. The van der Waals surface area contributed by atoms with Crippen molar-refractivity contribution in [1.82, 2.24) is 5.32 Å². The molecule has 1 N–H and O–H groups in total. The number of nitrogens with one attached hydrogen (secondary N) is 1. The van der Waals surface area contributed by atoms with Gasteiger partial charge in [-0.1, -0.05) is 12.1 Å². The van der Waals surface area contributed by atoms with Gasteiger partial charge in [-0.05, 0) is 37.9 Å². The van der Waals surface area contributed by atoms with Gasteiger partial charge in [-0.3, -0.25) is 0 Å². The van der Waals surface area contributed by atoms with Gasteiger partial charge in [0, 0.05) is 11.6 Å². The first-order chi connectivity index (χ1) is 6.27. The molecule has 2 rings (SSSR count). The summed E-state index contributed by atoms with van der Waals surface area (Å²) in [5.41, 5.74) is 1.81. The SMILES string of the molecule is Cc1ccc([C@H]2CCCN2)c(F)c1.Cl. The first kappa shape index (κ1) is 11.5. The van der Waals surface area contributed by atoms with Crippen LogP contribution in [0.4, 0.5) is 4.39 Å². The van der Waals surface area contributed by atoms with Crippen molar-refractivity contribution in [2.75, 3.05) is 6.54 Å². The fourth-order valence-electron chi connectivity index (χ4n) is 1.86. The maximum atomic E-state index is 13.5. The standard InChI is InChI=1S/C11H14FN.ClH/c1-8-4-5-9(10(12)7-8)11-3-2-6-13-11;/h4-5,7,11,13H,2-3,6H2,1H3;1H/t11-;/m1./s1. The van der Waals surface area contributed by atoms with E-state index in [9.17, 15) is 4.39 Å². The highest BCUT2D eigenvalue weighted by atomic mass is 35.5. The molecular formula is C11H15ClFN. The molecule has 1 aliphatic heterocycles. The molecule has 1 saturated heterocycles. The molecule has 0 amide bonds. The molecule has 1 fully saturated rings. The highest BCUT2D eigenvalue weighted by Crippen LogP contribution is 2.25. The second-order valence-corrected chi connectivity index (χ2v) is 3.67. The van der Waals surface area contributed by atoms with Crippen LogP contribution in [-0.2, 0) is 0 Å². The van der Waals surface area contributed by atoms with Crippen LogP contribution in [0, 0.1) is 12.7 Å². The van der Waals surface area contributed by atoms with Crippen LogP contribution in [0.15, 0.2) is 18.2 Å². The third kappa shape index (κ3) is 2.25. The number of benzene rings is 1. The van der Waals surface area contributed by atoms with Crippen LogP contribution < -0.4 is 5.32 Å². The predicted molar refractivity (Wildman–Crippen MR) is 58.4 cm³/mol. The van der Waals surface area contributed by atoms with E-state index in [0.29, 0.717) is 0 Å². The molecule has 1 aliphatic rings. The van der Waals surface area contributed by atoms with Gasteiger partial charge in [-0.15, -0.1) is 12.4 Å². The molecule has 1 aromatic rings. The minimum atomic E-state index is -0.0700. The Morgan fingerprint density at radius 2 is 2.21 bits per heavy atom. The molecule has 14 heavy (non-hydrogen) atoms. The average Bonchev–Trinajstić information content (AvgIpc) is 2.56. The molecule has 0 saturated carbocycles. The summed E-state index contributed by atoms with van der Waals surface area (Å²) in [5, 5.41) is 3.29. The molecule has 0 bridgehead atoms. The van der Waals surface area contributed by atoms with Crippen LogP contribution in [0.1, 0.15) is 30.0 Å². The number of halogens is 2. The second kappa shape index (κ2) is 4.76. The molecule has 0 radical (unpaired) electrons. The van der Waals surface area contributed by atoms with E-state index in [2.05, 4.69) is 5.32 Å². The third-order valence-electron chi connectivity index (χ3n) is 2.59. The Morgan fingerprint density at radius 1 is 1.43 bits per heavy atom. The average molecular weight is 216 g/mol. The highest BCUT2D eigenvalue weighted by molar-refractivity contribution is 5.85. The number of hydrogen-bond donors (Lipinski definition) is 1. The molecule has 1 aromatic carbocycles. The summed E-state index contributed by atoms with van der Waals surface area (Å²) in [6.45, 7) is 2.92. The topological polar surface area (TPSA) is 12.0 Å². The minimum absolute atomic E-state index is 0. The Bertz CT molecular complexity index is 308. The number of hydrogen-bond acceptors (Lipinski definition) is 1. The van der Waals surface area contributed by atoms with Crippen molar-refractivity contribution < 1.29 is 4.39 Å². The smallest absolute Gasteiger partial charge is 0.128 e. The lowest BCUT2D eigenvalue weighted by molar-refractivity contribution is 0.558. The molecule has 0 spiro atoms. The molecule has 1 heterocycles. The van der Waals surface area contributed by atoms with Gasteiger partial charge in [-0.25, -0.2) is 4.39 Å². The summed E-state index contributed by atoms with van der Waals surface area (Å²) in [7, 11) is 0. The molecule has 1 atom stereocenters. The zero-order chi connectivity index (χ0) is 9.26. The molecule has 1 nitrogen and oxygen atoms in total. The van der Waals surface area contributed by atoms with E-state index in [1.165, 1.54) is 0 Å². The van der Waals surface area contributed by atoms with Gasteiger partial charge in [0.05, 0.1) is 0 Å². The summed E-state index contributed by atoms with van der Waals surface area (Å²) in [6.07, 6.45) is 2.21. The maximum absolute atomic E-state index is 13.5. The summed E-state index contributed by atoms with van der Waals surface area (Å²) in [4.78, 5) is 0. The summed E-state index contributed by atoms with van der Waals surface area (Å²) >= 11 is 0. The zero-order valence-electron chi connectivity index (χ0n) is 8.22. The van der Waals surface area contributed by atoms with Gasteiger partial charge >= 0.3 is 0 Å². The summed E-state index contributed by atoms with van der Waals surface area (Å²) in [6, 6.07) is 5.71. The van der Waals surface area contributed by atoms with Crippen molar-refractivity contribution in [2.45, 2.75) is 25.8 Å². The van der Waals surface area contributed by atoms with Crippen LogP contribution in [0.3, 0.4) is 0 Å². The lowest BCUT2D eigenvalue weighted by Crippen LogP contribution is -2.14. The largest absolute Gasteiger partial charge is 0.310 e. The summed E-state index contributed by atoms with van der Waals surface area (Å²) in [5.74, 6) is -0.0700. The molecule has 0 unspecified atom stereocenters. The highest BCUT2D eigenvalue weighted by Gasteiger charge is 2.18. The quantitative estimate of drug-likeness (QED) is 0.760. The second-order valence-electron chi connectivity index (χ2n) is 3.67. The first-order valence-electron chi connectivity index (χ1n) is 4.77. The fourth-order valence-corrected chi connectivity index (χ4v) is 1.86. The summed E-state index contributed by atoms with van der Waals surface area (Å²) < 4.78 is 13.5. The van der Waals surface area contributed by atoms with Gasteiger partial charge in [-0.2, -0.15) is 0 Å². The van der Waals surface area contributed by atoms with E-state index in [-0.39, 0.29) is 24.3 Å². The van der Waals surface area contributed by atoms with Crippen molar-refractivity contribution in [3.05, 3.63) is 35.1 Å². The van der Waals surface area contributed by atoms with E-state index in [4.69, 9.17) is 0 Å². The van der Waals surface area contributed by atoms with Gasteiger partial charge in [0.2, 0.25) is 0 Å². The molecule has 78 valence electrons. The Kier molecular flexibility index (Phi) is 3.90. The van der Waals surface area contributed by atoms with Crippen LogP contribution in [0.5, 0.6) is 0 Å². The van der Waals surface area contributed by atoms with E-state index in [1.54, 1.807) is 6.07 Å². The normalized spacial score (nSPS) is 20.6. The van der Waals surface area contributed by atoms with Crippen LogP contribution in [0.25, 0.3) is 0 Å². The van der Waals surface area contributed by atoms with Gasteiger partial charge in [0.15, 0.2) is 0 Å². The van der Waals surface area contributed by atoms with E-state index < -0.39 is 0 Å². The lowest BCUT2D eigenvalue weighted by Gasteiger charge is -2.11. The van der Waals surface area contributed by atoms with Crippen molar-refractivity contribution in [3.63, 3.8) is 0 Å². The molecular weight excluding hydrogens is 201 g/mol. The minimum Gasteiger partial charge on any atom is -0.310 e. The van der Waals surface area contributed by atoms with Crippen molar-refractivity contribution in [3.8, 4) is 0 Å². The van der Waals surface area contributed by atoms with Crippen molar-refractivity contribution in [1.29, 1.82) is 0 Å². The van der Waals surface area contributed by atoms with Gasteiger partial charge < -0.3 is 5.32 Å². The molecule has 0 aliphatic carbocycles. The Morgan fingerprint density at radius 3 is 2.79 bits per heavy atom. The van der Waals surface area contributed by atoms with E-state index >= 15 is 0 Å². The zero-order valence-corrected chi connectivity index (χ0v) is 9.03. The Balaban J connectivity index is 0.000000980. The first-order valence-corrected chi connectivity index (χ1v) is 4.77. The van der Waals surface area contributed by atoms with Crippen LogP contribution >= 0.6 is 12.4 Å². The van der Waals surface area contributed by atoms with Gasteiger partial charge in [0.1, 0.15) is 5.82 Å². The fraction of sp³-hybridized carbons (Fsp3) is 0.455. The number of rotatable bonds is 1. The van der Waals surface area contributed by atoms with E-state index in [0.717, 1.165) is 30.5 Å². The molecule has 3 heteroatoms. The van der Waals surface area contributed by atoms with E-state index in [1.807, 2.05) is 19.1 Å². The lowest BCUT2D eigenvalue weighted by atomic mass is 10.0. The number of aryl methyl sites for hydroxylation is 1. The monoisotopic (exact) mass is 215 g/mol.